The van der Waals surface area contributed by atoms with Crippen LogP contribution in [-0.2, 0) is 26.2 Å². The van der Waals surface area contributed by atoms with Crippen molar-refractivity contribution in [2.24, 2.45) is 5.92 Å². The number of nitrogens with zero attached hydrogens (tertiary/aromatic N) is 2. The van der Waals surface area contributed by atoms with Gasteiger partial charge in [-0.15, -0.1) is 0 Å². The molecule has 0 bridgehead atoms. The molecule has 0 spiro atoms. The topological polar surface area (TPSA) is 96.0 Å². The van der Waals surface area contributed by atoms with E-state index in [0.717, 1.165) is 10.6 Å². The van der Waals surface area contributed by atoms with Crippen LogP contribution >= 0.6 is 23.2 Å². The first-order chi connectivity index (χ1) is 16.9. The number of amides is 2. The van der Waals surface area contributed by atoms with Crippen molar-refractivity contribution in [3.05, 3.63) is 58.1 Å². The number of rotatable bonds is 12. The van der Waals surface area contributed by atoms with Gasteiger partial charge in [0.05, 0.1) is 29.1 Å². The molecule has 0 unspecified atom stereocenters. The maximum Gasteiger partial charge on any atom is 0.244 e. The maximum atomic E-state index is 13.7. The highest BCUT2D eigenvalue weighted by Gasteiger charge is 2.32. The molecule has 0 aliphatic carbocycles. The number of hydrogen-bond donors (Lipinski definition) is 1. The van der Waals surface area contributed by atoms with E-state index in [0.29, 0.717) is 34.3 Å². The first-order valence-corrected chi connectivity index (χ1v) is 14.1. The van der Waals surface area contributed by atoms with Crippen LogP contribution in [0.4, 0.5) is 5.69 Å². The summed E-state index contributed by atoms with van der Waals surface area (Å²) in [7, 11) is -2.37. The summed E-state index contributed by atoms with van der Waals surface area (Å²) in [4.78, 5) is 28.1. The lowest BCUT2D eigenvalue weighted by atomic mass is 10.1. The van der Waals surface area contributed by atoms with E-state index in [4.69, 9.17) is 27.9 Å². The standard InChI is InChI=1S/C25H33Cl2N3O5S/c1-6-23(25(32)28-14-17(2)3)29(15-18-10-11-21(26)22(27)12-18)24(31)16-30(36(5,33)34)19-8-7-9-20(13-19)35-4/h7-13,17,23H,6,14-16H2,1-5H3,(H,28,32)/t23-/m0/s1. The number of anilines is 1. The van der Waals surface area contributed by atoms with Crippen LogP contribution in [-0.4, -0.2) is 57.6 Å². The molecule has 0 aliphatic heterocycles. The smallest absolute Gasteiger partial charge is 0.244 e. The average molecular weight is 559 g/mol. The van der Waals surface area contributed by atoms with Crippen LogP contribution in [0.3, 0.4) is 0 Å². The fraction of sp³-hybridized carbons (Fsp3) is 0.440. The second-order valence-electron chi connectivity index (χ2n) is 8.80. The third kappa shape index (κ3) is 8.28. The van der Waals surface area contributed by atoms with E-state index in [2.05, 4.69) is 5.32 Å². The lowest BCUT2D eigenvalue weighted by Crippen LogP contribution is -2.52. The number of hydrogen-bond acceptors (Lipinski definition) is 5. The van der Waals surface area contributed by atoms with Crippen molar-refractivity contribution in [1.82, 2.24) is 10.2 Å². The van der Waals surface area contributed by atoms with Crippen molar-refractivity contribution in [3.63, 3.8) is 0 Å². The first kappa shape index (κ1) is 29.7. The van der Waals surface area contributed by atoms with Gasteiger partial charge in [-0.2, -0.15) is 0 Å². The Hall–Kier alpha value is -2.49. The van der Waals surface area contributed by atoms with Crippen LogP contribution in [0.15, 0.2) is 42.5 Å². The minimum Gasteiger partial charge on any atom is -0.497 e. The molecule has 2 amide bonds. The van der Waals surface area contributed by atoms with E-state index < -0.39 is 28.5 Å². The summed E-state index contributed by atoms with van der Waals surface area (Å²) in [5, 5.41) is 3.55. The van der Waals surface area contributed by atoms with Gasteiger partial charge in [-0.05, 0) is 42.2 Å². The number of carbonyl (C=O) groups excluding carboxylic acids is 2. The number of methoxy groups -OCH3 is 1. The Morgan fingerprint density at radius 3 is 2.33 bits per heavy atom. The fourth-order valence-electron chi connectivity index (χ4n) is 3.56. The Bertz CT molecular complexity index is 1170. The molecule has 8 nitrogen and oxygen atoms in total. The van der Waals surface area contributed by atoms with E-state index in [-0.39, 0.29) is 24.1 Å². The van der Waals surface area contributed by atoms with Crippen LogP contribution < -0.4 is 14.4 Å². The number of benzene rings is 2. The molecule has 2 rings (SSSR count). The van der Waals surface area contributed by atoms with E-state index in [1.54, 1.807) is 43.3 Å². The highest BCUT2D eigenvalue weighted by atomic mass is 35.5. The molecule has 2 aromatic carbocycles. The van der Waals surface area contributed by atoms with Gasteiger partial charge < -0.3 is 15.0 Å². The fourth-order valence-corrected chi connectivity index (χ4v) is 4.72. The minimum absolute atomic E-state index is 0.0407. The molecule has 0 radical (unpaired) electrons. The van der Waals surface area contributed by atoms with Gasteiger partial charge >= 0.3 is 0 Å². The summed E-state index contributed by atoms with van der Waals surface area (Å²) >= 11 is 12.2. The van der Waals surface area contributed by atoms with Gasteiger partial charge in [-0.1, -0.05) is 56.1 Å². The van der Waals surface area contributed by atoms with Gasteiger partial charge in [0.2, 0.25) is 21.8 Å². The van der Waals surface area contributed by atoms with Gasteiger partial charge in [-0.3, -0.25) is 13.9 Å². The van der Waals surface area contributed by atoms with Crippen molar-refractivity contribution in [1.29, 1.82) is 0 Å². The molecule has 0 heterocycles. The number of carbonyl (C=O) groups is 2. The molecule has 198 valence electrons. The maximum absolute atomic E-state index is 13.7. The van der Waals surface area contributed by atoms with Crippen molar-refractivity contribution >= 4 is 50.7 Å². The Morgan fingerprint density at radius 2 is 1.78 bits per heavy atom. The molecular weight excluding hydrogens is 525 g/mol. The highest BCUT2D eigenvalue weighted by molar-refractivity contribution is 7.92. The van der Waals surface area contributed by atoms with Gasteiger partial charge in [0.25, 0.3) is 0 Å². The largest absolute Gasteiger partial charge is 0.497 e. The van der Waals surface area contributed by atoms with Gasteiger partial charge in [0, 0.05) is 19.2 Å². The van der Waals surface area contributed by atoms with Gasteiger partial charge in [0.1, 0.15) is 18.3 Å². The molecule has 11 heteroatoms. The molecule has 0 aliphatic rings. The molecule has 2 aromatic rings. The van der Waals surface area contributed by atoms with Crippen molar-refractivity contribution in [2.75, 3.05) is 30.8 Å². The Balaban J connectivity index is 2.46. The lowest BCUT2D eigenvalue weighted by molar-refractivity contribution is -0.140. The highest BCUT2D eigenvalue weighted by Crippen LogP contribution is 2.26. The van der Waals surface area contributed by atoms with Crippen LogP contribution in [0.25, 0.3) is 0 Å². The second kappa shape index (κ2) is 13.2. The molecular formula is C25H33Cl2N3O5S. The molecule has 0 saturated heterocycles. The van der Waals surface area contributed by atoms with Crippen LogP contribution in [0.1, 0.15) is 32.8 Å². The summed E-state index contributed by atoms with van der Waals surface area (Å²) < 4.78 is 31.6. The predicted molar refractivity (Wildman–Crippen MR) is 144 cm³/mol. The quantitative estimate of drug-likeness (QED) is 0.418. The summed E-state index contributed by atoms with van der Waals surface area (Å²) in [5.41, 5.74) is 0.928. The van der Waals surface area contributed by atoms with Crippen LogP contribution in [0, 0.1) is 5.92 Å². The van der Waals surface area contributed by atoms with Gasteiger partial charge in [0.15, 0.2) is 0 Å². The summed E-state index contributed by atoms with van der Waals surface area (Å²) in [6.45, 7) is 5.73. The number of ether oxygens (including phenoxy) is 1. The average Bonchev–Trinajstić information content (AvgIpc) is 2.82. The Kier molecular flexibility index (Phi) is 10.9. The zero-order valence-electron chi connectivity index (χ0n) is 21.1. The van der Waals surface area contributed by atoms with E-state index in [1.165, 1.54) is 18.1 Å². The van der Waals surface area contributed by atoms with Gasteiger partial charge in [-0.25, -0.2) is 8.42 Å². The Morgan fingerprint density at radius 1 is 1.08 bits per heavy atom. The second-order valence-corrected chi connectivity index (χ2v) is 11.5. The zero-order valence-corrected chi connectivity index (χ0v) is 23.5. The number of nitrogens with one attached hydrogen (secondary N) is 1. The third-order valence-electron chi connectivity index (χ3n) is 5.43. The van der Waals surface area contributed by atoms with Crippen LogP contribution in [0.2, 0.25) is 10.0 Å². The summed E-state index contributed by atoms with van der Waals surface area (Å²) in [6, 6.07) is 10.5. The summed E-state index contributed by atoms with van der Waals surface area (Å²) in [6.07, 6.45) is 1.35. The van der Waals surface area contributed by atoms with Crippen molar-refractivity contribution < 1.29 is 22.7 Å². The molecule has 0 fully saturated rings. The van der Waals surface area contributed by atoms with E-state index >= 15 is 0 Å². The minimum atomic E-state index is -3.84. The van der Waals surface area contributed by atoms with Crippen LogP contribution in [0.5, 0.6) is 5.75 Å². The molecule has 1 atom stereocenters. The Labute approximate surface area is 223 Å². The third-order valence-corrected chi connectivity index (χ3v) is 7.31. The molecule has 36 heavy (non-hydrogen) atoms. The molecule has 0 aromatic heterocycles. The normalized spacial score (nSPS) is 12.2. The summed E-state index contributed by atoms with van der Waals surface area (Å²) in [5.74, 6) is -0.187. The van der Waals surface area contributed by atoms with E-state index in [9.17, 15) is 18.0 Å². The van der Waals surface area contributed by atoms with Crippen molar-refractivity contribution in [3.8, 4) is 5.75 Å². The molecule has 1 N–H and O–H groups in total. The SMILES string of the molecule is CC[C@@H](C(=O)NCC(C)C)N(Cc1ccc(Cl)c(Cl)c1)C(=O)CN(c1cccc(OC)c1)S(C)(=O)=O. The first-order valence-electron chi connectivity index (χ1n) is 11.5. The van der Waals surface area contributed by atoms with E-state index in [1.807, 2.05) is 13.8 Å². The number of sulfonamides is 1. The zero-order chi connectivity index (χ0) is 27.0. The number of halogens is 2. The van der Waals surface area contributed by atoms with Crippen molar-refractivity contribution in [2.45, 2.75) is 39.8 Å². The predicted octanol–water partition coefficient (Wildman–Crippen LogP) is 4.35. The molecule has 0 saturated carbocycles. The monoisotopic (exact) mass is 557 g/mol. The lowest BCUT2D eigenvalue weighted by Gasteiger charge is -2.33.